The molecule has 0 radical (unpaired) electrons. The minimum absolute atomic E-state index is 0.0474. The van der Waals surface area contributed by atoms with Crippen LogP contribution in [0, 0.1) is 6.92 Å². The van der Waals surface area contributed by atoms with Gasteiger partial charge >= 0.3 is 0 Å². The maximum Gasteiger partial charge on any atom is 0.251 e. The van der Waals surface area contributed by atoms with Gasteiger partial charge in [-0.1, -0.05) is 18.2 Å². The zero-order chi connectivity index (χ0) is 24.5. The molecule has 3 aromatic rings. The molecule has 2 aliphatic rings. The van der Waals surface area contributed by atoms with E-state index >= 15 is 0 Å². The van der Waals surface area contributed by atoms with Gasteiger partial charge in [-0.25, -0.2) is 5.48 Å². The van der Waals surface area contributed by atoms with Crippen molar-refractivity contribution in [2.75, 3.05) is 6.54 Å². The summed E-state index contributed by atoms with van der Waals surface area (Å²) in [5, 5.41) is 16.6. The van der Waals surface area contributed by atoms with Crippen molar-refractivity contribution in [3.05, 3.63) is 71.4 Å². The van der Waals surface area contributed by atoms with E-state index in [1.165, 1.54) is 0 Å². The predicted octanol–water partition coefficient (Wildman–Crippen LogP) is 3.40. The molecule has 0 unspecified atom stereocenters. The topological polar surface area (TPSA) is 122 Å². The Bertz CT molecular complexity index is 1240. The summed E-state index contributed by atoms with van der Waals surface area (Å²) in [5.41, 5.74) is 4.63. The predicted molar refractivity (Wildman–Crippen MR) is 131 cm³/mol. The van der Waals surface area contributed by atoms with Gasteiger partial charge in [0, 0.05) is 39.8 Å². The van der Waals surface area contributed by atoms with Gasteiger partial charge in [-0.3, -0.25) is 19.8 Å². The molecule has 8 nitrogen and oxygen atoms in total. The molecule has 0 bridgehead atoms. The fourth-order valence-corrected chi connectivity index (χ4v) is 5.07. The maximum absolute atomic E-state index is 13.1. The van der Waals surface area contributed by atoms with Crippen molar-refractivity contribution in [1.29, 1.82) is 0 Å². The molecular formula is C27H30N4O4. The lowest BCUT2D eigenvalue weighted by atomic mass is 9.74. The molecule has 1 spiro atoms. The number of fused-ring (bicyclic) bond motifs is 1. The molecule has 35 heavy (non-hydrogen) atoms. The third kappa shape index (κ3) is 5.13. The van der Waals surface area contributed by atoms with Crippen LogP contribution in [-0.2, 0) is 11.4 Å². The van der Waals surface area contributed by atoms with Gasteiger partial charge in [0.15, 0.2) is 0 Å². The molecular weight excluding hydrogens is 444 g/mol. The number of amides is 2. The van der Waals surface area contributed by atoms with Crippen molar-refractivity contribution in [2.45, 2.75) is 56.7 Å². The Kier molecular flexibility index (Phi) is 6.17. The van der Waals surface area contributed by atoms with Crippen LogP contribution in [0.3, 0.4) is 0 Å². The summed E-state index contributed by atoms with van der Waals surface area (Å²) >= 11 is 0. The summed E-state index contributed by atoms with van der Waals surface area (Å²) in [5.74, 6) is -0.0701. The van der Waals surface area contributed by atoms with Crippen molar-refractivity contribution < 1.29 is 19.5 Å². The normalized spacial score (nSPS) is 23.1. The number of carbonyl (C=O) groups excluding carboxylic acids is 2. The minimum Gasteiger partial charge on any atom is -0.489 e. The average Bonchev–Trinajstić information content (AvgIpc) is 3.64. The number of pyridine rings is 1. The first kappa shape index (κ1) is 23.3. The van der Waals surface area contributed by atoms with Crippen molar-refractivity contribution in [3.8, 4) is 5.75 Å². The number of nitrogens with zero attached hydrogens (tertiary/aromatic N) is 1. The fraction of sp³-hybridized carbons (Fsp3) is 0.370. The van der Waals surface area contributed by atoms with Crippen LogP contribution in [0.1, 0.15) is 53.7 Å². The second-order valence-corrected chi connectivity index (χ2v) is 9.83. The van der Waals surface area contributed by atoms with E-state index in [1.807, 2.05) is 37.3 Å². The number of hydrogen-bond donors (Lipinski definition) is 4. The Morgan fingerprint density at radius 2 is 1.80 bits per heavy atom. The van der Waals surface area contributed by atoms with Gasteiger partial charge < -0.3 is 15.4 Å². The number of benzene rings is 2. The molecule has 2 heterocycles. The summed E-state index contributed by atoms with van der Waals surface area (Å²) in [6.07, 6.45) is 3.19. The summed E-state index contributed by atoms with van der Waals surface area (Å²) in [7, 11) is 0. The van der Waals surface area contributed by atoms with Gasteiger partial charge in [0.1, 0.15) is 12.4 Å². The Morgan fingerprint density at radius 3 is 2.49 bits per heavy atom. The molecule has 1 aromatic heterocycles. The van der Waals surface area contributed by atoms with Crippen LogP contribution in [0.5, 0.6) is 5.75 Å². The van der Waals surface area contributed by atoms with E-state index in [-0.39, 0.29) is 17.9 Å². The molecule has 1 saturated heterocycles. The monoisotopic (exact) mass is 474 g/mol. The van der Waals surface area contributed by atoms with E-state index in [9.17, 15) is 9.59 Å². The quantitative estimate of drug-likeness (QED) is 0.237. The number of hydroxylamine groups is 1. The third-order valence-electron chi connectivity index (χ3n) is 7.28. The zero-order valence-electron chi connectivity index (χ0n) is 19.8. The lowest BCUT2D eigenvalue weighted by molar-refractivity contribution is -0.131. The summed E-state index contributed by atoms with van der Waals surface area (Å²) in [6.45, 7) is 3.34. The van der Waals surface area contributed by atoms with Gasteiger partial charge in [0.25, 0.3) is 5.91 Å². The first-order valence-corrected chi connectivity index (χ1v) is 12.0. The maximum atomic E-state index is 13.1. The lowest BCUT2D eigenvalue weighted by Gasteiger charge is -2.40. The van der Waals surface area contributed by atoms with Crippen LogP contribution < -0.4 is 20.9 Å². The lowest BCUT2D eigenvalue weighted by Crippen LogP contribution is -2.54. The molecule has 182 valence electrons. The van der Waals surface area contributed by atoms with Crippen LogP contribution in [0.25, 0.3) is 10.9 Å². The minimum atomic E-state index is -0.672. The fourth-order valence-electron chi connectivity index (χ4n) is 5.07. The Hall–Kier alpha value is -3.49. The van der Waals surface area contributed by atoms with Crippen molar-refractivity contribution in [3.63, 3.8) is 0 Å². The molecule has 8 heteroatoms. The van der Waals surface area contributed by atoms with Crippen molar-refractivity contribution in [1.82, 2.24) is 21.1 Å². The summed E-state index contributed by atoms with van der Waals surface area (Å²) in [4.78, 5) is 29.6. The van der Waals surface area contributed by atoms with E-state index in [1.54, 1.807) is 29.7 Å². The van der Waals surface area contributed by atoms with Crippen LogP contribution in [0.15, 0.2) is 54.6 Å². The van der Waals surface area contributed by atoms with Gasteiger partial charge in [-0.05, 0) is 69.0 Å². The molecule has 2 aromatic carbocycles. The summed E-state index contributed by atoms with van der Waals surface area (Å²) < 4.78 is 6.01. The molecule has 1 saturated carbocycles. The number of para-hydroxylation sites is 1. The molecule has 5 rings (SSSR count). The highest BCUT2D eigenvalue weighted by atomic mass is 16.5. The average molecular weight is 475 g/mol. The van der Waals surface area contributed by atoms with Gasteiger partial charge in [0.2, 0.25) is 5.91 Å². The first-order chi connectivity index (χ1) is 16.9. The third-order valence-corrected chi connectivity index (χ3v) is 7.28. The Labute approximate surface area is 204 Å². The number of rotatable bonds is 7. The van der Waals surface area contributed by atoms with E-state index in [0.717, 1.165) is 41.5 Å². The number of aromatic nitrogens is 1. The van der Waals surface area contributed by atoms with Crippen molar-refractivity contribution >= 4 is 22.7 Å². The van der Waals surface area contributed by atoms with Crippen molar-refractivity contribution in [2.24, 2.45) is 0 Å². The molecule has 4 N–H and O–H groups in total. The number of hydrogen-bond acceptors (Lipinski definition) is 6. The van der Waals surface area contributed by atoms with Crippen LogP contribution in [0.4, 0.5) is 0 Å². The second-order valence-electron chi connectivity index (χ2n) is 9.83. The molecule has 2 fully saturated rings. The largest absolute Gasteiger partial charge is 0.489 e. The highest BCUT2D eigenvalue weighted by Gasteiger charge is 2.50. The standard InChI is InChI=1S/C27H30N4O4/c1-18-14-20(22-4-2-3-5-23(22)29-18)16-35-21-8-6-19(7-9-21)25(33)30-26(15-24(32)31-34)10-12-27(13-11-26)17-28-27/h2-9,14,28,34H,10-13,15-17H2,1H3,(H,30,33)(H,31,32)/t26-,27-. The Balaban J connectivity index is 1.25. The van der Waals surface area contributed by atoms with E-state index in [0.29, 0.717) is 30.8 Å². The zero-order valence-corrected chi connectivity index (χ0v) is 19.8. The van der Waals surface area contributed by atoms with Gasteiger partial charge in [0.05, 0.1) is 11.9 Å². The number of nitrogens with one attached hydrogen (secondary N) is 3. The second kappa shape index (κ2) is 9.28. The van der Waals surface area contributed by atoms with Gasteiger partial charge in [-0.2, -0.15) is 0 Å². The SMILES string of the molecule is Cc1cc(COc2ccc(C(=O)N[C@]3(CC(=O)NO)CC[C@@]4(CC3)CN4)cc2)c2ccccc2n1. The van der Waals surface area contributed by atoms with E-state index in [4.69, 9.17) is 9.94 Å². The van der Waals surface area contributed by atoms with E-state index < -0.39 is 11.4 Å². The Morgan fingerprint density at radius 1 is 1.09 bits per heavy atom. The number of carbonyl (C=O) groups is 2. The first-order valence-electron chi connectivity index (χ1n) is 12.0. The number of aryl methyl sites for hydroxylation is 1. The highest BCUT2D eigenvalue weighted by Crippen LogP contribution is 2.41. The summed E-state index contributed by atoms with van der Waals surface area (Å²) in [6, 6.07) is 17.0. The smallest absolute Gasteiger partial charge is 0.251 e. The van der Waals surface area contributed by atoms with Gasteiger partial charge in [-0.15, -0.1) is 0 Å². The molecule has 0 atom stereocenters. The number of ether oxygens (including phenoxy) is 1. The highest BCUT2D eigenvalue weighted by molar-refractivity contribution is 5.95. The molecule has 1 aliphatic heterocycles. The molecule has 2 amide bonds. The molecule has 1 aliphatic carbocycles. The van der Waals surface area contributed by atoms with Crippen LogP contribution >= 0.6 is 0 Å². The van der Waals surface area contributed by atoms with E-state index in [2.05, 4.69) is 15.6 Å². The van der Waals surface area contributed by atoms with Crippen LogP contribution in [-0.4, -0.2) is 39.6 Å². The van der Waals surface area contributed by atoms with Crippen LogP contribution in [0.2, 0.25) is 0 Å².